The zero-order chi connectivity index (χ0) is 13.1. The van der Waals surface area contributed by atoms with Crippen molar-refractivity contribution in [2.24, 2.45) is 5.92 Å². The van der Waals surface area contributed by atoms with Crippen LogP contribution in [-0.4, -0.2) is 42.0 Å². The Balaban J connectivity index is 1.46. The standard InChI is InChI=1S/C17H26N2/c1-2-3-7-10-19-13-16-12-18(14-17(16)19)11-15-8-5-4-6-9-15/h4-6,8-9,16-17H,2-3,7,10-14H2,1H3. The molecule has 1 aromatic rings. The number of rotatable bonds is 6. The minimum absolute atomic E-state index is 0.862. The van der Waals surface area contributed by atoms with Crippen LogP contribution in [0.5, 0.6) is 0 Å². The highest BCUT2D eigenvalue weighted by atomic mass is 15.3. The fourth-order valence-corrected chi connectivity index (χ4v) is 3.63. The lowest BCUT2D eigenvalue weighted by Gasteiger charge is -2.43. The van der Waals surface area contributed by atoms with Gasteiger partial charge in [0.25, 0.3) is 0 Å². The fourth-order valence-electron chi connectivity index (χ4n) is 3.63. The van der Waals surface area contributed by atoms with Crippen LogP contribution in [-0.2, 0) is 6.54 Å². The van der Waals surface area contributed by atoms with Crippen molar-refractivity contribution >= 4 is 0 Å². The van der Waals surface area contributed by atoms with Crippen molar-refractivity contribution in [2.75, 3.05) is 26.2 Å². The highest BCUT2D eigenvalue weighted by Gasteiger charge is 2.44. The first-order chi connectivity index (χ1) is 9.36. The van der Waals surface area contributed by atoms with Crippen molar-refractivity contribution in [3.63, 3.8) is 0 Å². The number of hydrogen-bond donors (Lipinski definition) is 0. The Kier molecular flexibility index (Phi) is 4.19. The van der Waals surface area contributed by atoms with Crippen molar-refractivity contribution in [1.29, 1.82) is 0 Å². The van der Waals surface area contributed by atoms with E-state index in [0.29, 0.717) is 0 Å². The summed E-state index contributed by atoms with van der Waals surface area (Å²) in [6, 6.07) is 11.8. The van der Waals surface area contributed by atoms with Crippen molar-refractivity contribution in [3.8, 4) is 0 Å². The number of hydrogen-bond acceptors (Lipinski definition) is 2. The summed E-state index contributed by atoms with van der Waals surface area (Å²) in [7, 11) is 0. The third kappa shape index (κ3) is 3.01. The van der Waals surface area contributed by atoms with Gasteiger partial charge in [0.2, 0.25) is 0 Å². The highest BCUT2D eigenvalue weighted by molar-refractivity contribution is 5.15. The Hall–Kier alpha value is -0.860. The summed E-state index contributed by atoms with van der Waals surface area (Å²) in [5, 5.41) is 0. The Morgan fingerprint density at radius 2 is 1.89 bits per heavy atom. The lowest BCUT2D eigenvalue weighted by atomic mass is 9.92. The average molecular weight is 258 g/mol. The Morgan fingerprint density at radius 3 is 2.68 bits per heavy atom. The van der Waals surface area contributed by atoms with Gasteiger partial charge < -0.3 is 0 Å². The van der Waals surface area contributed by atoms with Gasteiger partial charge in [0.05, 0.1) is 0 Å². The molecule has 2 heterocycles. The molecule has 0 aliphatic carbocycles. The normalized spacial score (nSPS) is 27.2. The van der Waals surface area contributed by atoms with Crippen LogP contribution < -0.4 is 0 Å². The van der Waals surface area contributed by atoms with Crippen LogP contribution in [0.1, 0.15) is 31.7 Å². The Bertz CT molecular complexity index is 390. The van der Waals surface area contributed by atoms with Gasteiger partial charge in [-0.25, -0.2) is 0 Å². The van der Waals surface area contributed by atoms with Crippen molar-refractivity contribution in [1.82, 2.24) is 9.80 Å². The molecule has 0 bridgehead atoms. The number of nitrogens with zero attached hydrogens (tertiary/aromatic N) is 2. The molecular formula is C17H26N2. The summed E-state index contributed by atoms with van der Waals surface area (Å²) in [6.45, 7) is 8.69. The van der Waals surface area contributed by atoms with Crippen LogP contribution in [0.3, 0.4) is 0 Å². The summed E-state index contributed by atoms with van der Waals surface area (Å²) in [5.74, 6) is 0.949. The zero-order valence-corrected chi connectivity index (χ0v) is 12.1. The van der Waals surface area contributed by atoms with Gasteiger partial charge in [0.1, 0.15) is 0 Å². The molecule has 2 saturated heterocycles. The molecule has 0 N–H and O–H groups in total. The van der Waals surface area contributed by atoms with Gasteiger partial charge in [-0.15, -0.1) is 0 Å². The third-order valence-corrected chi connectivity index (χ3v) is 4.72. The summed E-state index contributed by atoms with van der Waals surface area (Å²) < 4.78 is 0. The molecule has 0 spiro atoms. The molecule has 2 aliphatic rings. The van der Waals surface area contributed by atoms with E-state index >= 15 is 0 Å². The number of fused-ring (bicyclic) bond motifs is 1. The first kappa shape index (κ1) is 13.1. The number of likely N-dealkylation sites (tertiary alicyclic amines) is 2. The van der Waals surface area contributed by atoms with Crippen LogP contribution in [0.15, 0.2) is 30.3 Å². The second-order valence-electron chi connectivity index (χ2n) is 6.21. The van der Waals surface area contributed by atoms with Gasteiger partial charge in [-0.05, 0) is 18.5 Å². The van der Waals surface area contributed by atoms with Gasteiger partial charge in [-0.3, -0.25) is 9.80 Å². The topological polar surface area (TPSA) is 6.48 Å². The summed E-state index contributed by atoms with van der Waals surface area (Å²) in [6.07, 6.45) is 4.11. The average Bonchev–Trinajstić information content (AvgIpc) is 2.73. The molecule has 104 valence electrons. The first-order valence-electron chi connectivity index (χ1n) is 7.87. The summed E-state index contributed by atoms with van der Waals surface area (Å²) in [5.41, 5.74) is 1.46. The molecule has 2 fully saturated rings. The quantitative estimate of drug-likeness (QED) is 0.724. The van der Waals surface area contributed by atoms with E-state index in [0.717, 1.165) is 18.5 Å². The van der Waals surface area contributed by atoms with E-state index < -0.39 is 0 Å². The van der Waals surface area contributed by atoms with E-state index in [1.54, 1.807) is 0 Å². The predicted octanol–water partition coefficient (Wildman–Crippen LogP) is 2.99. The van der Waals surface area contributed by atoms with E-state index in [1.165, 1.54) is 51.0 Å². The van der Waals surface area contributed by atoms with Gasteiger partial charge >= 0.3 is 0 Å². The van der Waals surface area contributed by atoms with Gasteiger partial charge in [-0.1, -0.05) is 50.1 Å². The second kappa shape index (κ2) is 6.06. The lowest BCUT2D eigenvalue weighted by molar-refractivity contribution is 0.0499. The largest absolute Gasteiger partial charge is 0.298 e. The molecule has 0 amide bonds. The predicted molar refractivity (Wildman–Crippen MR) is 80.1 cm³/mol. The zero-order valence-electron chi connectivity index (χ0n) is 12.1. The summed E-state index contributed by atoms with van der Waals surface area (Å²) in [4.78, 5) is 5.36. The minimum Gasteiger partial charge on any atom is -0.298 e. The van der Waals surface area contributed by atoms with Crippen molar-refractivity contribution in [3.05, 3.63) is 35.9 Å². The maximum Gasteiger partial charge on any atom is 0.0276 e. The van der Waals surface area contributed by atoms with Crippen molar-refractivity contribution in [2.45, 2.75) is 38.8 Å². The van der Waals surface area contributed by atoms with Crippen molar-refractivity contribution < 1.29 is 0 Å². The molecule has 2 heteroatoms. The molecule has 2 aliphatic heterocycles. The molecule has 2 unspecified atom stereocenters. The van der Waals surface area contributed by atoms with E-state index in [2.05, 4.69) is 47.1 Å². The molecule has 1 aromatic carbocycles. The molecule has 19 heavy (non-hydrogen) atoms. The third-order valence-electron chi connectivity index (χ3n) is 4.72. The first-order valence-corrected chi connectivity index (χ1v) is 7.87. The van der Waals surface area contributed by atoms with Crippen LogP contribution in [0.2, 0.25) is 0 Å². The van der Waals surface area contributed by atoms with Crippen LogP contribution >= 0.6 is 0 Å². The van der Waals surface area contributed by atoms with E-state index in [4.69, 9.17) is 0 Å². The Morgan fingerprint density at radius 1 is 1.05 bits per heavy atom. The monoisotopic (exact) mass is 258 g/mol. The molecule has 0 radical (unpaired) electrons. The molecule has 2 nitrogen and oxygen atoms in total. The second-order valence-corrected chi connectivity index (χ2v) is 6.21. The molecule has 0 saturated carbocycles. The van der Waals surface area contributed by atoms with Gasteiger partial charge in [0.15, 0.2) is 0 Å². The lowest BCUT2D eigenvalue weighted by Crippen LogP contribution is -2.55. The van der Waals surface area contributed by atoms with E-state index in [-0.39, 0.29) is 0 Å². The van der Waals surface area contributed by atoms with E-state index in [9.17, 15) is 0 Å². The summed E-state index contributed by atoms with van der Waals surface area (Å²) >= 11 is 0. The van der Waals surface area contributed by atoms with Gasteiger partial charge in [-0.2, -0.15) is 0 Å². The highest BCUT2D eigenvalue weighted by Crippen LogP contribution is 2.33. The van der Waals surface area contributed by atoms with E-state index in [1.807, 2.05) is 0 Å². The minimum atomic E-state index is 0.862. The number of benzene rings is 1. The molecule has 3 rings (SSSR count). The van der Waals surface area contributed by atoms with Crippen LogP contribution in [0.25, 0.3) is 0 Å². The fraction of sp³-hybridized carbons (Fsp3) is 0.647. The smallest absolute Gasteiger partial charge is 0.0276 e. The molecular weight excluding hydrogens is 232 g/mol. The van der Waals surface area contributed by atoms with Crippen LogP contribution in [0.4, 0.5) is 0 Å². The molecule has 0 aromatic heterocycles. The maximum absolute atomic E-state index is 2.71. The van der Waals surface area contributed by atoms with Gasteiger partial charge in [0, 0.05) is 38.1 Å². The maximum atomic E-state index is 2.71. The number of unbranched alkanes of at least 4 members (excludes halogenated alkanes) is 2. The Labute approximate surface area is 117 Å². The SMILES string of the molecule is CCCCCN1CC2CN(Cc3ccccc3)CC21. The van der Waals surface area contributed by atoms with Crippen LogP contribution in [0, 0.1) is 5.92 Å². The molecule has 2 atom stereocenters.